The molecule has 2 aliphatic carbocycles. The van der Waals surface area contributed by atoms with Crippen LogP contribution in [0.3, 0.4) is 0 Å². The van der Waals surface area contributed by atoms with Gasteiger partial charge in [0.2, 0.25) is 0 Å². The molecular formula is C38H34N2. The Bertz CT molecular complexity index is 1660. The molecule has 3 aliphatic rings. The van der Waals surface area contributed by atoms with Gasteiger partial charge in [-0.3, -0.25) is 0 Å². The Morgan fingerprint density at radius 3 is 2.75 bits per heavy atom. The molecule has 2 nitrogen and oxygen atoms in total. The topological polar surface area (TPSA) is 38.4 Å². The first kappa shape index (κ1) is 26.8. The van der Waals surface area contributed by atoms with Crippen LogP contribution in [-0.4, -0.2) is 5.87 Å². The van der Waals surface area contributed by atoms with E-state index in [2.05, 4.69) is 115 Å². The number of nitrogens with zero attached hydrogens (tertiary/aromatic N) is 1. The molecule has 0 aromatic heterocycles. The predicted octanol–water partition coefficient (Wildman–Crippen LogP) is 8.09. The lowest BCUT2D eigenvalue weighted by Crippen LogP contribution is -2.41. The molecule has 0 bridgehead atoms. The smallest absolute Gasteiger partial charge is 0.105 e. The molecule has 0 saturated heterocycles. The van der Waals surface area contributed by atoms with Crippen LogP contribution in [0.2, 0.25) is 0 Å². The fraction of sp³-hybridized carbons (Fsp3) is 0.184. The number of aryl methyl sites for hydroxylation is 1. The maximum atomic E-state index is 6.41. The summed E-state index contributed by atoms with van der Waals surface area (Å²) in [7, 11) is 0. The van der Waals surface area contributed by atoms with Gasteiger partial charge in [0.25, 0.3) is 0 Å². The average Bonchev–Trinajstić information content (AvgIpc) is 3.49. The molecule has 3 atom stereocenters. The Balaban J connectivity index is 1.37. The van der Waals surface area contributed by atoms with Crippen molar-refractivity contribution in [2.45, 2.75) is 32.6 Å². The highest BCUT2D eigenvalue weighted by molar-refractivity contribution is 5.76. The third-order valence-electron chi connectivity index (χ3n) is 7.77. The van der Waals surface area contributed by atoms with Gasteiger partial charge >= 0.3 is 0 Å². The van der Waals surface area contributed by atoms with Crippen LogP contribution in [0.25, 0.3) is 5.57 Å². The van der Waals surface area contributed by atoms with Gasteiger partial charge in [-0.15, -0.1) is 6.42 Å². The predicted molar refractivity (Wildman–Crippen MR) is 168 cm³/mol. The lowest BCUT2D eigenvalue weighted by atomic mass is 9.53. The highest BCUT2D eigenvalue weighted by Gasteiger charge is 2.47. The van der Waals surface area contributed by atoms with E-state index in [1.165, 1.54) is 34.3 Å². The standard InChI is InChI=1S/C38H34N2/c1-4-5-6-7-11-27(2)17-18-29-13-9-14-30(23-29)31(25-37(39)38-16-10-21-40-38)19-20-33-24-36-34(26-35(33)36)32-15-8-12-28(3)22-32/h1,5-17,19-20,22-24,34-36H,18,26,39H2,2-3H3/b6-5-,11-7-,20-19+,27-17+/t25?,34?,35?,36-/m0/s1. The van der Waals surface area contributed by atoms with Gasteiger partial charge in [0, 0.05) is 11.6 Å². The van der Waals surface area contributed by atoms with E-state index >= 15 is 0 Å². The summed E-state index contributed by atoms with van der Waals surface area (Å²) in [5, 5.41) is 0. The number of fused-ring (bicyclic) bond motifs is 1. The molecule has 5 rings (SSSR count). The zero-order valence-corrected chi connectivity index (χ0v) is 23.1. The number of terminal acetylenes is 1. The molecule has 1 fully saturated rings. The zero-order valence-electron chi connectivity index (χ0n) is 23.1. The summed E-state index contributed by atoms with van der Waals surface area (Å²) in [6.45, 7) is 4.26. The Hall–Kier alpha value is -4.79. The fourth-order valence-corrected chi connectivity index (χ4v) is 5.47. The Morgan fingerprint density at radius 2 is 2.00 bits per heavy atom. The number of nitrogens with two attached hydrogens (primary N) is 1. The largest absolute Gasteiger partial charge is 0.391 e. The Labute approximate surface area is 238 Å². The van der Waals surface area contributed by atoms with Crippen molar-refractivity contribution in [1.82, 2.24) is 0 Å². The maximum absolute atomic E-state index is 6.41. The van der Waals surface area contributed by atoms with E-state index in [0.29, 0.717) is 29.1 Å². The minimum atomic E-state index is 0.510. The number of aliphatic imine (C=N–C) groups is 1. The number of rotatable bonds is 9. The maximum Gasteiger partial charge on any atom is 0.105 e. The van der Waals surface area contributed by atoms with Crippen LogP contribution < -0.4 is 5.73 Å². The van der Waals surface area contributed by atoms with E-state index in [4.69, 9.17) is 12.2 Å². The molecule has 40 heavy (non-hydrogen) atoms. The summed E-state index contributed by atoms with van der Waals surface area (Å²) in [4.78, 5) is 4.23. The monoisotopic (exact) mass is 518 g/mol. The summed E-state index contributed by atoms with van der Waals surface area (Å²) < 4.78 is 0. The molecule has 2 unspecified atom stereocenters. The first-order valence-electron chi connectivity index (χ1n) is 13.8. The number of allylic oxidation sites excluding steroid dienone is 12. The van der Waals surface area contributed by atoms with E-state index in [9.17, 15) is 0 Å². The highest BCUT2D eigenvalue weighted by Crippen LogP contribution is 2.58. The van der Waals surface area contributed by atoms with Crippen molar-refractivity contribution in [2.24, 2.45) is 22.6 Å². The van der Waals surface area contributed by atoms with Gasteiger partial charge in [0.1, 0.15) is 11.4 Å². The van der Waals surface area contributed by atoms with Gasteiger partial charge in [-0.05, 0) is 90.8 Å². The lowest BCUT2D eigenvalue weighted by Gasteiger charge is -2.51. The summed E-state index contributed by atoms with van der Waals surface area (Å²) >= 11 is 0. The highest BCUT2D eigenvalue weighted by atomic mass is 14.8. The molecule has 0 radical (unpaired) electrons. The lowest BCUT2D eigenvalue weighted by molar-refractivity contribution is 0.182. The molecule has 2 aromatic carbocycles. The van der Waals surface area contributed by atoms with Crippen molar-refractivity contribution in [3.63, 3.8) is 0 Å². The van der Waals surface area contributed by atoms with Crippen LogP contribution in [0.5, 0.6) is 0 Å². The van der Waals surface area contributed by atoms with Crippen LogP contribution in [0.15, 0.2) is 143 Å². The van der Waals surface area contributed by atoms with Gasteiger partial charge < -0.3 is 5.73 Å². The van der Waals surface area contributed by atoms with Gasteiger partial charge in [0.05, 0.1) is 0 Å². The summed E-state index contributed by atoms with van der Waals surface area (Å²) in [5.74, 6) is 7.26. The van der Waals surface area contributed by atoms with Crippen LogP contribution >= 0.6 is 0 Å². The van der Waals surface area contributed by atoms with Crippen molar-refractivity contribution in [1.29, 1.82) is 0 Å². The molecule has 2 heteroatoms. The zero-order chi connectivity index (χ0) is 27.9. The second-order valence-corrected chi connectivity index (χ2v) is 10.6. The first-order chi connectivity index (χ1) is 19.5. The van der Waals surface area contributed by atoms with E-state index < -0.39 is 0 Å². The van der Waals surface area contributed by atoms with Crippen molar-refractivity contribution >= 4 is 11.4 Å². The fourth-order valence-electron chi connectivity index (χ4n) is 5.47. The van der Waals surface area contributed by atoms with Crippen molar-refractivity contribution < 1.29 is 0 Å². The second kappa shape index (κ2) is 12.4. The number of benzene rings is 2. The molecule has 1 saturated carbocycles. The van der Waals surface area contributed by atoms with Gasteiger partial charge in [-0.2, -0.15) is 0 Å². The SMILES string of the molecule is C#C\C=C/C=C\C(C)=C\Cc1cccc(C(=C=C(N)C2=CC=C=N2)/C=C/C2=C[C@@H]3C2CC3c2cccc(C)c2)c1. The minimum Gasteiger partial charge on any atom is -0.391 e. The molecule has 0 spiro atoms. The Kier molecular flexibility index (Phi) is 8.29. The van der Waals surface area contributed by atoms with E-state index in [-0.39, 0.29) is 0 Å². The third kappa shape index (κ3) is 6.26. The Morgan fingerprint density at radius 1 is 1.12 bits per heavy atom. The third-order valence-corrected chi connectivity index (χ3v) is 7.77. The van der Waals surface area contributed by atoms with E-state index in [1.807, 2.05) is 18.2 Å². The van der Waals surface area contributed by atoms with Gasteiger partial charge in [-0.1, -0.05) is 108 Å². The quantitative estimate of drug-likeness (QED) is 0.203. The second-order valence-electron chi connectivity index (χ2n) is 10.6. The molecule has 196 valence electrons. The van der Waals surface area contributed by atoms with Gasteiger partial charge in [0.15, 0.2) is 0 Å². The molecule has 1 aliphatic heterocycles. The van der Waals surface area contributed by atoms with Crippen molar-refractivity contribution in [3.05, 3.63) is 160 Å². The van der Waals surface area contributed by atoms with Gasteiger partial charge in [-0.25, -0.2) is 4.99 Å². The van der Waals surface area contributed by atoms with Crippen molar-refractivity contribution in [3.8, 4) is 12.3 Å². The van der Waals surface area contributed by atoms with E-state index in [1.54, 1.807) is 12.2 Å². The number of hydrogen-bond acceptors (Lipinski definition) is 2. The normalized spacial score (nSPS) is 21.0. The average molecular weight is 519 g/mol. The van der Waals surface area contributed by atoms with Crippen LogP contribution in [0, 0.1) is 31.1 Å². The molecule has 2 aromatic rings. The van der Waals surface area contributed by atoms with Crippen LogP contribution in [0.1, 0.15) is 41.5 Å². The summed E-state index contributed by atoms with van der Waals surface area (Å²) in [6, 6.07) is 17.5. The first-order valence-corrected chi connectivity index (χ1v) is 13.8. The minimum absolute atomic E-state index is 0.510. The van der Waals surface area contributed by atoms with Crippen molar-refractivity contribution in [2.75, 3.05) is 0 Å². The molecular weight excluding hydrogens is 484 g/mol. The summed E-state index contributed by atoms with van der Waals surface area (Å²) in [6.07, 6.45) is 27.5. The molecule has 2 N–H and O–H groups in total. The van der Waals surface area contributed by atoms with Crippen LogP contribution in [0.4, 0.5) is 0 Å². The summed E-state index contributed by atoms with van der Waals surface area (Å²) in [5.41, 5.74) is 19.7. The molecule has 0 amide bonds. The molecule has 1 heterocycles. The number of hydrogen-bond donors (Lipinski definition) is 1. The van der Waals surface area contributed by atoms with E-state index in [0.717, 1.165) is 17.6 Å². The van der Waals surface area contributed by atoms with Crippen LogP contribution in [-0.2, 0) is 6.42 Å².